The Morgan fingerprint density at radius 2 is 1.89 bits per heavy atom. The lowest BCUT2D eigenvalue weighted by molar-refractivity contribution is -0.121. The van der Waals surface area contributed by atoms with Gasteiger partial charge in [0.25, 0.3) is 5.91 Å². The molecule has 35 heavy (non-hydrogen) atoms. The Morgan fingerprint density at radius 1 is 1.09 bits per heavy atom. The van der Waals surface area contributed by atoms with Crippen molar-refractivity contribution in [2.75, 3.05) is 6.54 Å². The van der Waals surface area contributed by atoms with Gasteiger partial charge in [-0.3, -0.25) is 14.6 Å². The lowest BCUT2D eigenvalue weighted by atomic mass is 10.1. The number of para-hydroxylation sites is 1. The van der Waals surface area contributed by atoms with Crippen LogP contribution in [0.1, 0.15) is 46.7 Å². The number of amides is 2. The fourth-order valence-electron chi connectivity index (χ4n) is 3.75. The number of nitrogens with one attached hydrogen (secondary N) is 2. The lowest BCUT2D eigenvalue weighted by Crippen LogP contribution is -2.34. The van der Waals surface area contributed by atoms with Crippen LogP contribution < -0.4 is 10.6 Å². The molecule has 3 heterocycles. The molecule has 0 fully saturated rings. The molecule has 0 aliphatic carbocycles. The second-order valence-electron chi connectivity index (χ2n) is 8.27. The van der Waals surface area contributed by atoms with Crippen LogP contribution in [0.15, 0.2) is 55.1 Å². The van der Waals surface area contributed by atoms with E-state index >= 15 is 0 Å². The van der Waals surface area contributed by atoms with E-state index in [9.17, 15) is 19.5 Å². The minimum atomic E-state index is -1.09. The summed E-state index contributed by atoms with van der Waals surface area (Å²) in [7, 11) is 0. The monoisotopic (exact) mass is 475 g/mol. The number of nitrogens with zero attached hydrogens (tertiary/aromatic N) is 5. The Bertz CT molecular complexity index is 1390. The van der Waals surface area contributed by atoms with Gasteiger partial charge in [0.15, 0.2) is 0 Å². The first kappa shape index (κ1) is 23.6. The van der Waals surface area contributed by atoms with Crippen molar-refractivity contribution in [3.05, 3.63) is 71.9 Å². The number of rotatable bonds is 9. The standard InChI is InChI=1S/C24H25N7O4/c1-15(2)27-22(32)8-10-26-23(33)19-14-30(20-6-4-3-5-17(19)20)12-16-13-31(29-28-16)21-11-25-9-7-18(21)24(34)35/h3-7,9,11,13-15H,8,10,12H2,1-2H3,(H,26,33)(H,27,32)(H,34,35). The zero-order chi connectivity index (χ0) is 24.9. The van der Waals surface area contributed by atoms with Crippen LogP contribution in [0.3, 0.4) is 0 Å². The molecule has 11 nitrogen and oxygen atoms in total. The summed E-state index contributed by atoms with van der Waals surface area (Å²) in [5, 5.41) is 24.0. The molecule has 0 saturated carbocycles. The number of carboxylic acids is 1. The highest BCUT2D eigenvalue weighted by Crippen LogP contribution is 2.22. The van der Waals surface area contributed by atoms with Gasteiger partial charge in [0.2, 0.25) is 5.91 Å². The Morgan fingerprint density at radius 3 is 2.66 bits per heavy atom. The van der Waals surface area contributed by atoms with Crippen LogP contribution in [0.25, 0.3) is 16.6 Å². The number of aromatic nitrogens is 5. The van der Waals surface area contributed by atoms with Crippen molar-refractivity contribution in [1.29, 1.82) is 0 Å². The molecule has 0 atom stereocenters. The Balaban J connectivity index is 1.53. The molecule has 3 N–H and O–H groups in total. The number of benzene rings is 1. The minimum Gasteiger partial charge on any atom is -0.478 e. The first-order valence-corrected chi connectivity index (χ1v) is 11.1. The van der Waals surface area contributed by atoms with Gasteiger partial charge in [-0.05, 0) is 26.0 Å². The van der Waals surface area contributed by atoms with E-state index in [2.05, 4.69) is 25.9 Å². The van der Waals surface area contributed by atoms with Crippen molar-refractivity contribution in [2.45, 2.75) is 32.9 Å². The van der Waals surface area contributed by atoms with Crippen molar-refractivity contribution >= 4 is 28.7 Å². The fourth-order valence-corrected chi connectivity index (χ4v) is 3.75. The largest absolute Gasteiger partial charge is 0.478 e. The summed E-state index contributed by atoms with van der Waals surface area (Å²) in [5.74, 6) is -1.49. The normalized spacial score (nSPS) is 11.1. The first-order valence-electron chi connectivity index (χ1n) is 11.1. The zero-order valence-electron chi connectivity index (χ0n) is 19.3. The van der Waals surface area contributed by atoms with Gasteiger partial charge in [0, 0.05) is 42.3 Å². The van der Waals surface area contributed by atoms with E-state index in [0.717, 1.165) is 10.9 Å². The molecule has 11 heteroatoms. The molecule has 0 unspecified atom stereocenters. The van der Waals surface area contributed by atoms with Crippen molar-refractivity contribution in [3.8, 4) is 5.69 Å². The van der Waals surface area contributed by atoms with Gasteiger partial charge in [0.05, 0.1) is 35.8 Å². The third-order valence-electron chi connectivity index (χ3n) is 5.27. The number of hydrogen-bond donors (Lipinski definition) is 3. The van der Waals surface area contributed by atoms with Crippen LogP contribution in [0.2, 0.25) is 0 Å². The maximum Gasteiger partial charge on any atom is 0.338 e. The number of aromatic carboxylic acids is 1. The predicted molar refractivity (Wildman–Crippen MR) is 127 cm³/mol. The van der Waals surface area contributed by atoms with Gasteiger partial charge in [-0.25, -0.2) is 9.48 Å². The van der Waals surface area contributed by atoms with Crippen LogP contribution in [-0.2, 0) is 11.3 Å². The van der Waals surface area contributed by atoms with E-state index in [0.29, 0.717) is 23.5 Å². The fraction of sp³-hybridized carbons (Fsp3) is 0.250. The lowest BCUT2D eigenvalue weighted by Gasteiger charge is -2.08. The predicted octanol–water partition coefficient (Wildman–Crippen LogP) is 2.01. The van der Waals surface area contributed by atoms with Crippen LogP contribution >= 0.6 is 0 Å². The molecule has 0 bridgehead atoms. The van der Waals surface area contributed by atoms with Crippen LogP contribution in [0.5, 0.6) is 0 Å². The highest BCUT2D eigenvalue weighted by atomic mass is 16.4. The smallest absolute Gasteiger partial charge is 0.338 e. The van der Waals surface area contributed by atoms with Gasteiger partial charge < -0.3 is 20.3 Å². The zero-order valence-corrected chi connectivity index (χ0v) is 19.3. The number of pyridine rings is 1. The minimum absolute atomic E-state index is 0.0445. The average Bonchev–Trinajstić information content (AvgIpc) is 3.44. The maximum atomic E-state index is 12.9. The van der Waals surface area contributed by atoms with E-state index in [1.54, 1.807) is 12.4 Å². The van der Waals surface area contributed by atoms with E-state index in [4.69, 9.17) is 0 Å². The average molecular weight is 476 g/mol. The number of hydrogen-bond acceptors (Lipinski definition) is 6. The summed E-state index contributed by atoms with van der Waals surface area (Å²) in [6.07, 6.45) is 6.38. The van der Waals surface area contributed by atoms with Crippen molar-refractivity contribution in [3.63, 3.8) is 0 Å². The third kappa shape index (κ3) is 5.35. The molecular formula is C24H25N7O4. The second kappa shape index (κ2) is 10.2. The Labute approximate surface area is 200 Å². The van der Waals surface area contributed by atoms with Crippen molar-refractivity contribution in [2.24, 2.45) is 0 Å². The molecule has 0 radical (unpaired) electrons. The molecular weight excluding hydrogens is 450 g/mol. The molecule has 2 amide bonds. The summed E-state index contributed by atoms with van der Waals surface area (Å²) in [5.41, 5.74) is 2.25. The molecule has 1 aromatic carbocycles. The molecule has 0 spiro atoms. The molecule has 4 aromatic rings. The third-order valence-corrected chi connectivity index (χ3v) is 5.27. The molecule has 0 aliphatic rings. The molecule has 0 saturated heterocycles. The number of carbonyl (C=O) groups excluding carboxylic acids is 2. The highest BCUT2D eigenvalue weighted by Gasteiger charge is 2.17. The quantitative estimate of drug-likeness (QED) is 0.336. The highest BCUT2D eigenvalue weighted by molar-refractivity contribution is 6.07. The van der Waals surface area contributed by atoms with Gasteiger partial charge >= 0.3 is 5.97 Å². The van der Waals surface area contributed by atoms with Gasteiger partial charge in [-0.1, -0.05) is 23.4 Å². The van der Waals surface area contributed by atoms with Crippen LogP contribution in [-0.4, -0.2) is 60.0 Å². The summed E-state index contributed by atoms with van der Waals surface area (Å²) in [4.78, 5) is 40.2. The van der Waals surface area contributed by atoms with E-state index in [1.807, 2.05) is 42.7 Å². The molecule has 3 aromatic heterocycles. The molecule has 0 aliphatic heterocycles. The van der Waals surface area contributed by atoms with Crippen LogP contribution in [0.4, 0.5) is 0 Å². The first-order chi connectivity index (χ1) is 16.8. The molecule has 4 rings (SSSR count). The van der Waals surface area contributed by atoms with Crippen molar-refractivity contribution in [1.82, 2.24) is 35.2 Å². The number of carbonyl (C=O) groups is 3. The topological polar surface area (TPSA) is 144 Å². The van der Waals surface area contributed by atoms with Crippen LogP contribution in [0, 0.1) is 0 Å². The second-order valence-corrected chi connectivity index (χ2v) is 8.27. The molecule has 180 valence electrons. The summed E-state index contributed by atoms with van der Waals surface area (Å²) >= 11 is 0. The van der Waals surface area contributed by atoms with Crippen molar-refractivity contribution < 1.29 is 19.5 Å². The van der Waals surface area contributed by atoms with Gasteiger partial charge in [0.1, 0.15) is 5.69 Å². The summed E-state index contributed by atoms with van der Waals surface area (Å²) < 4.78 is 3.25. The van der Waals surface area contributed by atoms with E-state index < -0.39 is 5.97 Å². The van der Waals surface area contributed by atoms with E-state index in [1.165, 1.54) is 23.1 Å². The number of fused-ring (bicyclic) bond motifs is 1. The Kier molecular flexibility index (Phi) is 6.86. The Hall–Kier alpha value is -4.54. The summed E-state index contributed by atoms with van der Waals surface area (Å²) in [6.45, 7) is 4.30. The van der Waals surface area contributed by atoms with Gasteiger partial charge in [-0.15, -0.1) is 5.10 Å². The maximum absolute atomic E-state index is 12.9. The van der Waals surface area contributed by atoms with Gasteiger partial charge in [-0.2, -0.15) is 0 Å². The SMILES string of the molecule is CC(C)NC(=O)CCNC(=O)c1cn(Cc2cn(-c3cnccc3C(=O)O)nn2)c2ccccc12. The van der Waals surface area contributed by atoms with E-state index in [-0.39, 0.29) is 36.4 Å². The summed E-state index contributed by atoms with van der Waals surface area (Å²) in [6, 6.07) is 8.93. The number of carboxylic acid groups (broad SMARTS) is 1.